The molecular weight excluding hydrogens is 128 g/mol. The molecule has 0 aromatic rings. The predicted molar refractivity (Wildman–Crippen MR) is 39.8 cm³/mol. The Bertz CT molecular complexity index is 116. The molecule has 0 aliphatic heterocycles. The van der Waals surface area contributed by atoms with Crippen LogP contribution in [0.5, 0.6) is 0 Å². The van der Waals surface area contributed by atoms with Crippen molar-refractivity contribution in [2.45, 2.75) is 19.3 Å². The second-order valence-electron chi connectivity index (χ2n) is 1.95. The van der Waals surface area contributed by atoms with Gasteiger partial charge in [0.2, 0.25) is 0 Å². The fraction of sp³-hybridized carbons (Fsp3) is 0.500. The van der Waals surface area contributed by atoms with E-state index in [9.17, 15) is 5.11 Å². The van der Waals surface area contributed by atoms with Gasteiger partial charge in [-0.15, -0.1) is 6.58 Å². The second-order valence-corrected chi connectivity index (χ2v) is 1.95. The van der Waals surface area contributed by atoms with Crippen molar-refractivity contribution in [1.29, 1.82) is 0 Å². The number of ether oxygens (including phenoxy) is 1. The maximum atomic E-state index is 10.5. The van der Waals surface area contributed by atoms with Crippen molar-refractivity contribution in [2.75, 3.05) is 7.11 Å². The third kappa shape index (κ3) is 5.22. The summed E-state index contributed by atoms with van der Waals surface area (Å²) < 4.78 is 4.41. The SMILES string of the molecule is C=CCCCC=C([O])OC. The van der Waals surface area contributed by atoms with Crippen LogP contribution in [0, 0.1) is 0 Å². The van der Waals surface area contributed by atoms with E-state index in [1.807, 2.05) is 6.08 Å². The van der Waals surface area contributed by atoms with Gasteiger partial charge >= 0.3 is 5.95 Å². The molecule has 0 aromatic carbocycles. The molecular formula is C8H13O2. The molecule has 0 atom stereocenters. The molecule has 2 heteroatoms. The van der Waals surface area contributed by atoms with Crippen LogP contribution in [-0.2, 0) is 9.84 Å². The van der Waals surface area contributed by atoms with E-state index in [4.69, 9.17) is 0 Å². The Morgan fingerprint density at radius 3 is 2.80 bits per heavy atom. The number of allylic oxidation sites excluding steroid dienone is 2. The highest BCUT2D eigenvalue weighted by Gasteiger charge is 1.89. The lowest BCUT2D eigenvalue weighted by Gasteiger charge is -1.91. The van der Waals surface area contributed by atoms with Crippen molar-refractivity contribution < 1.29 is 9.84 Å². The van der Waals surface area contributed by atoms with Gasteiger partial charge < -0.3 is 4.74 Å². The summed E-state index contributed by atoms with van der Waals surface area (Å²) in [6.07, 6.45) is 6.08. The maximum Gasteiger partial charge on any atom is 0.326 e. The van der Waals surface area contributed by atoms with E-state index in [1.54, 1.807) is 6.08 Å². The average molecular weight is 141 g/mol. The third-order valence-corrected chi connectivity index (χ3v) is 1.12. The number of methoxy groups -OCH3 is 1. The molecule has 0 spiro atoms. The summed E-state index contributed by atoms with van der Waals surface area (Å²) in [5, 5.41) is 10.5. The molecule has 0 saturated heterocycles. The highest BCUT2D eigenvalue weighted by Crippen LogP contribution is 2.00. The zero-order valence-corrected chi connectivity index (χ0v) is 6.30. The molecule has 0 aliphatic carbocycles. The van der Waals surface area contributed by atoms with Gasteiger partial charge in [-0.25, -0.2) is 5.11 Å². The minimum atomic E-state index is -0.246. The summed E-state index contributed by atoms with van der Waals surface area (Å²) in [6.45, 7) is 3.57. The molecule has 0 unspecified atom stereocenters. The smallest absolute Gasteiger partial charge is 0.326 e. The van der Waals surface area contributed by atoms with Crippen molar-refractivity contribution in [3.8, 4) is 0 Å². The summed E-state index contributed by atoms with van der Waals surface area (Å²) in [5.41, 5.74) is 0. The molecule has 0 bridgehead atoms. The van der Waals surface area contributed by atoms with Crippen molar-refractivity contribution >= 4 is 0 Å². The first kappa shape index (κ1) is 9.08. The zero-order valence-electron chi connectivity index (χ0n) is 6.30. The Morgan fingerprint density at radius 2 is 2.30 bits per heavy atom. The van der Waals surface area contributed by atoms with Crippen LogP contribution in [-0.4, -0.2) is 7.11 Å². The Balaban J connectivity index is 3.24. The highest BCUT2D eigenvalue weighted by molar-refractivity contribution is 4.81. The molecule has 0 aromatic heterocycles. The summed E-state index contributed by atoms with van der Waals surface area (Å²) in [6, 6.07) is 0. The molecule has 0 N–H and O–H groups in total. The number of unbranched alkanes of at least 4 members (excludes halogenated alkanes) is 2. The molecule has 2 nitrogen and oxygen atoms in total. The van der Waals surface area contributed by atoms with Gasteiger partial charge in [-0.05, 0) is 19.3 Å². The quantitative estimate of drug-likeness (QED) is 0.328. The minimum absolute atomic E-state index is 0.246. The zero-order chi connectivity index (χ0) is 7.82. The van der Waals surface area contributed by atoms with E-state index in [-0.39, 0.29) is 5.95 Å². The van der Waals surface area contributed by atoms with Crippen LogP contribution >= 0.6 is 0 Å². The first-order chi connectivity index (χ1) is 4.81. The lowest BCUT2D eigenvalue weighted by molar-refractivity contribution is 0.0849. The van der Waals surface area contributed by atoms with Crippen LogP contribution in [0.2, 0.25) is 0 Å². The fourth-order valence-corrected chi connectivity index (χ4v) is 0.565. The highest BCUT2D eigenvalue weighted by atomic mass is 16.6. The Kier molecular flexibility index (Phi) is 5.63. The fourth-order valence-electron chi connectivity index (χ4n) is 0.565. The lowest BCUT2D eigenvalue weighted by Crippen LogP contribution is -1.80. The molecule has 0 saturated carbocycles. The minimum Gasteiger partial charge on any atom is -0.466 e. The van der Waals surface area contributed by atoms with Gasteiger partial charge in [-0.3, -0.25) is 0 Å². The Hall–Kier alpha value is -0.920. The molecule has 0 aliphatic rings. The van der Waals surface area contributed by atoms with Gasteiger partial charge in [0.1, 0.15) is 0 Å². The standard InChI is InChI=1S/C8H13O2/c1-3-4-5-6-7-8(9)10-2/h3,7H,1,4-6H2,2H3. The van der Waals surface area contributed by atoms with Gasteiger partial charge in [0, 0.05) is 6.08 Å². The third-order valence-electron chi connectivity index (χ3n) is 1.12. The van der Waals surface area contributed by atoms with E-state index in [1.165, 1.54) is 7.11 Å². The summed E-state index contributed by atoms with van der Waals surface area (Å²) in [4.78, 5) is 0. The monoisotopic (exact) mass is 141 g/mol. The molecule has 0 amide bonds. The second kappa shape index (κ2) is 6.20. The number of hydrogen-bond donors (Lipinski definition) is 0. The first-order valence-electron chi connectivity index (χ1n) is 3.33. The van der Waals surface area contributed by atoms with Crippen LogP contribution in [0.4, 0.5) is 0 Å². The van der Waals surface area contributed by atoms with E-state index in [2.05, 4.69) is 11.3 Å². The first-order valence-corrected chi connectivity index (χ1v) is 3.33. The van der Waals surface area contributed by atoms with Crippen molar-refractivity contribution in [3.63, 3.8) is 0 Å². The molecule has 0 rings (SSSR count). The van der Waals surface area contributed by atoms with Gasteiger partial charge in [0.25, 0.3) is 0 Å². The molecule has 1 radical (unpaired) electrons. The van der Waals surface area contributed by atoms with Crippen LogP contribution < -0.4 is 0 Å². The van der Waals surface area contributed by atoms with E-state index < -0.39 is 0 Å². The van der Waals surface area contributed by atoms with Gasteiger partial charge in [-0.2, -0.15) is 0 Å². The van der Waals surface area contributed by atoms with E-state index >= 15 is 0 Å². The van der Waals surface area contributed by atoms with Crippen LogP contribution in [0.15, 0.2) is 24.7 Å². The average Bonchev–Trinajstić information content (AvgIpc) is 1.98. The van der Waals surface area contributed by atoms with Crippen LogP contribution in [0.1, 0.15) is 19.3 Å². The van der Waals surface area contributed by atoms with Crippen molar-refractivity contribution in [3.05, 3.63) is 24.7 Å². The lowest BCUT2D eigenvalue weighted by atomic mass is 10.2. The molecule has 0 fully saturated rings. The molecule has 10 heavy (non-hydrogen) atoms. The predicted octanol–water partition coefficient (Wildman–Crippen LogP) is 2.26. The van der Waals surface area contributed by atoms with Crippen LogP contribution in [0.3, 0.4) is 0 Å². The van der Waals surface area contributed by atoms with Gasteiger partial charge in [0.05, 0.1) is 7.11 Å². The van der Waals surface area contributed by atoms with Gasteiger partial charge in [0.15, 0.2) is 0 Å². The van der Waals surface area contributed by atoms with Crippen LogP contribution in [0.25, 0.3) is 0 Å². The molecule has 0 heterocycles. The summed E-state index contributed by atoms with van der Waals surface area (Å²) in [5.74, 6) is -0.246. The largest absolute Gasteiger partial charge is 0.466 e. The summed E-state index contributed by atoms with van der Waals surface area (Å²) in [7, 11) is 1.38. The summed E-state index contributed by atoms with van der Waals surface area (Å²) >= 11 is 0. The Labute approximate surface area is 61.8 Å². The van der Waals surface area contributed by atoms with E-state index in [0.29, 0.717) is 0 Å². The number of hydrogen-bond acceptors (Lipinski definition) is 1. The topological polar surface area (TPSA) is 29.1 Å². The van der Waals surface area contributed by atoms with Crippen molar-refractivity contribution in [1.82, 2.24) is 0 Å². The molecule has 57 valence electrons. The Morgan fingerprint density at radius 1 is 1.60 bits per heavy atom. The van der Waals surface area contributed by atoms with E-state index in [0.717, 1.165) is 19.3 Å². The number of rotatable bonds is 5. The van der Waals surface area contributed by atoms with Crippen molar-refractivity contribution in [2.24, 2.45) is 0 Å². The maximum absolute atomic E-state index is 10.5. The normalized spacial score (nSPS) is 11.1. The van der Waals surface area contributed by atoms with Gasteiger partial charge in [-0.1, -0.05) is 6.08 Å².